The van der Waals surface area contributed by atoms with Crippen molar-refractivity contribution in [2.24, 2.45) is 0 Å². The molecule has 0 aliphatic carbocycles. The van der Waals surface area contributed by atoms with Crippen LogP contribution < -0.4 is 10.9 Å². The van der Waals surface area contributed by atoms with E-state index in [1.165, 1.54) is 10.9 Å². The van der Waals surface area contributed by atoms with Crippen molar-refractivity contribution in [3.63, 3.8) is 0 Å². The predicted octanol–water partition coefficient (Wildman–Crippen LogP) is 2.01. The Morgan fingerprint density at radius 3 is 2.79 bits per heavy atom. The first-order valence-electron chi connectivity index (χ1n) is 9.32. The van der Waals surface area contributed by atoms with Gasteiger partial charge in [0, 0.05) is 25.5 Å². The van der Waals surface area contributed by atoms with Crippen molar-refractivity contribution < 1.29 is 9.53 Å². The normalized spacial score (nSPS) is 15.8. The highest BCUT2D eigenvalue weighted by Gasteiger charge is 2.17. The fourth-order valence-corrected chi connectivity index (χ4v) is 3.22. The van der Waals surface area contributed by atoms with Gasteiger partial charge in [0.05, 0.1) is 28.9 Å². The molecule has 1 aliphatic heterocycles. The molecule has 1 unspecified atom stereocenters. The average molecular weight is 389 g/mol. The molecule has 1 amide bonds. The monoisotopic (exact) mass is 389 g/mol. The maximum Gasteiger partial charge on any atom is 0.272 e. The molecule has 3 aromatic rings. The van der Waals surface area contributed by atoms with Crippen molar-refractivity contribution in [1.29, 1.82) is 5.26 Å². The molecule has 0 radical (unpaired) electrons. The van der Waals surface area contributed by atoms with E-state index in [0.29, 0.717) is 34.6 Å². The van der Waals surface area contributed by atoms with Crippen LogP contribution in [0.3, 0.4) is 0 Å². The van der Waals surface area contributed by atoms with Crippen LogP contribution in [-0.2, 0) is 4.74 Å². The fraction of sp³-hybridized carbons (Fsp3) is 0.238. The standard InChI is InChI=1S/C21H19N5O3/c22-10-14-3-5-15(6-4-14)18-13-26(25-21(18)28)19-8-7-16(11-23-19)20(27)24-12-17-2-1-9-29-17/h3-8,11,13,17H,1-2,9,12H2,(H,24,27)(H,25,28). The van der Waals surface area contributed by atoms with Crippen LogP contribution in [0.4, 0.5) is 0 Å². The summed E-state index contributed by atoms with van der Waals surface area (Å²) >= 11 is 0. The second kappa shape index (κ2) is 8.12. The molecule has 0 spiro atoms. The van der Waals surface area contributed by atoms with E-state index in [2.05, 4.69) is 15.4 Å². The molecular formula is C21H19N5O3. The second-order valence-corrected chi connectivity index (χ2v) is 6.79. The number of amides is 1. The molecule has 2 aromatic heterocycles. The summed E-state index contributed by atoms with van der Waals surface area (Å²) in [5.41, 5.74) is 1.87. The summed E-state index contributed by atoms with van der Waals surface area (Å²) in [4.78, 5) is 28.8. The minimum absolute atomic E-state index is 0.0804. The van der Waals surface area contributed by atoms with Gasteiger partial charge in [-0.05, 0) is 42.7 Å². The zero-order valence-electron chi connectivity index (χ0n) is 15.6. The summed E-state index contributed by atoms with van der Waals surface area (Å²) in [5, 5.41) is 14.5. The number of ether oxygens (including phenoxy) is 1. The van der Waals surface area contributed by atoms with Gasteiger partial charge < -0.3 is 10.1 Å². The number of hydrogen-bond donors (Lipinski definition) is 2. The minimum Gasteiger partial charge on any atom is -0.376 e. The number of aromatic amines is 1. The summed E-state index contributed by atoms with van der Waals surface area (Å²) in [5.74, 6) is 0.275. The lowest BCUT2D eigenvalue weighted by atomic mass is 10.1. The molecule has 29 heavy (non-hydrogen) atoms. The zero-order valence-corrected chi connectivity index (χ0v) is 15.6. The first-order valence-corrected chi connectivity index (χ1v) is 9.32. The van der Waals surface area contributed by atoms with Crippen LogP contribution in [0, 0.1) is 11.3 Å². The molecule has 4 rings (SSSR count). The smallest absolute Gasteiger partial charge is 0.272 e. The molecule has 1 atom stereocenters. The predicted molar refractivity (Wildman–Crippen MR) is 106 cm³/mol. The number of aromatic nitrogens is 3. The average Bonchev–Trinajstić information content (AvgIpc) is 3.42. The van der Waals surface area contributed by atoms with E-state index in [0.717, 1.165) is 19.4 Å². The summed E-state index contributed by atoms with van der Waals surface area (Å²) in [6.45, 7) is 1.23. The zero-order chi connectivity index (χ0) is 20.2. The summed E-state index contributed by atoms with van der Waals surface area (Å²) < 4.78 is 7.00. The van der Waals surface area contributed by atoms with Gasteiger partial charge >= 0.3 is 0 Å². The Balaban J connectivity index is 1.48. The third-order valence-corrected chi connectivity index (χ3v) is 4.82. The number of pyridine rings is 1. The lowest BCUT2D eigenvalue weighted by Gasteiger charge is -2.10. The van der Waals surface area contributed by atoms with E-state index in [1.54, 1.807) is 42.6 Å². The van der Waals surface area contributed by atoms with Gasteiger partial charge in [-0.3, -0.25) is 14.7 Å². The van der Waals surface area contributed by atoms with Crippen molar-refractivity contribution in [3.8, 4) is 23.0 Å². The highest BCUT2D eigenvalue weighted by Crippen LogP contribution is 2.17. The topological polar surface area (TPSA) is 113 Å². The van der Waals surface area contributed by atoms with Gasteiger partial charge in [0.15, 0.2) is 5.82 Å². The summed E-state index contributed by atoms with van der Waals surface area (Å²) in [7, 11) is 0. The number of hydrogen-bond acceptors (Lipinski definition) is 5. The molecule has 3 heterocycles. The molecule has 1 aliphatic rings. The number of carbonyl (C=O) groups is 1. The van der Waals surface area contributed by atoms with Crippen LogP contribution in [0.2, 0.25) is 0 Å². The van der Waals surface area contributed by atoms with Crippen LogP contribution in [-0.4, -0.2) is 39.9 Å². The Hall–Kier alpha value is -3.70. The maximum atomic E-state index is 12.3. The van der Waals surface area contributed by atoms with E-state index in [1.807, 2.05) is 6.07 Å². The summed E-state index contributed by atoms with van der Waals surface area (Å²) in [6, 6.07) is 12.1. The number of nitriles is 1. The van der Waals surface area contributed by atoms with Crippen molar-refractivity contribution in [1.82, 2.24) is 20.1 Å². The Morgan fingerprint density at radius 2 is 2.14 bits per heavy atom. The quantitative estimate of drug-likeness (QED) is 0.693. The third kappa shape index (κ3) is 4.10. The number of benzene rings is 1. The molecule has 0 bridgehead atoms. The molecule has 1 saturated heterocycles. The van der Waals surface area contributed by atoms with E-state index < -0.39 is 0 Å². The van der Waals surface area contributed by atoms with Crippen LogP contribution in [0.15, 0.2) is 53.6 Å². The number of H-pyrrole nitrogens is 1. The number of carbonyl (C=O) groups excluding carboxylic acids is 1. The first-order chi connectivity index (χ1) is 14.1. The van der Waals surface area contributed by atoms with Crippen molar-refractivity contribution in [2.75, 3.05) is 13.2 Å². The molecule has 8 nitrogen and oxygen atoms in total. The van der Waals surface area contributed by atoms with Crippen molar-refractivity contribution in [2.45, 2.75) is 18.9 Å². The third-order valence-electron chi connectivity index (χ3n) is 4.82. The lowest BCUT2D eigenvalue weighted by molar-refractivity contribution is 0.0857. The van der Waals surface area contributed by atoms with Gasteiger partial charge in [0.2, 0.25) is 0 Å². The summed E-state index contributed by atoms with van der Waals surface area (Å²) in [6.07, 6.45) is 5.18. The molecule has 8 heteroatoms. The van der Waals surface area contributed by atoms with Gasteiger partial charge in [0.1, 0.15) is 0 Å². The van der Waals surface area contributed by atoms with Gasteiger partial charge in [-0.1, -0.05) is 12.1 Å². The number of rotatable bonds is 5. The van der Waals surface area contributed by atoms with Crippen LogP contribution in [0.25, 0.3) is 16.9 Å². The van der Waals surface area contributed by atoms with E-state index >= 15 is 0 Å². The lowest BCUT2D eigenvalue weighted by Crippen LogP contribution is -2.31. The molecular weight excluding hydrogens is 370 g/mol. The second-order valence-electron chi connectivity index (χ2n) is 6.79. The van der Waals surface area contributed by atoms with Gasteiger partial charge in [-0.15, -0.1) is 0 Å². The van der Waals surface area contributed by atoms with Crippen LogP contribution in [0.1, 0.15) is 28.8 Å². The largest absolute Gasteiger partial charge is 0.376 e. The minimum atomic E-state index is -0.269. The molecule has 1 fully saturated rings. The van der Waals surface area contributed by atoms with Gasteiger partial charge in [-0.2, -0.15) is 5.26 Å². The Kier molecular flexibility index (Phi) is 5.22. The Morgan fingerprint density at radius 1 is 1.31 bits per heavy atom. The molecule has 2 N–H and O–H groups in total. The number of nitrogens with zero attached hydrogens (tertiary/aromatic N) is 3. The van der Waals surface area contributed by atoms with Gasteiger partial charge in [0.25, 0.3) is 11.5 Å². The Labute approximate surface area is 166 Å². The van der Waals surface area contributed by atoms with Crippen LogP contribution >= 0.6 is 0 Å². The highest BCUT2D eigenvalue weighted by atomic mass is 16.5. The van der Waals surface area contributed by atoms with E-state index in [4.69, 9.17) is 10.00 Å². The molecule has 1 aromatic carbocycles. The van der Waals surface area contributed by atoms with E-state index in [-0.39, 0.29) is 17.6 Å². The Bertz CT molecular complexity index is 1100. The maximum absolute atomic E-state index is 12.3. The highest BCUT2D eigenvalue weighted by molar-refractivity contribution is 5.93. The van der Waals surface area contributed by atoms with Gasteiger partial charge in [-0.25, -0.2) is 9.67 Å². The van der Waals surface area contributed by atoms with Crippen molar-refractivity contribution >= 4 is 5.91 Å². The number of nitrogens with one attached hydrogen (secondary N) is 2. The first kappa shape index (κ1) is 18.7. The van der Waals surface area contributed by atoms with E-state index in [9.17, 15) is 9.59 Å². The van der Waals surface area contributed by atoms with Crippen LogP contribution in [0.5, 0.6) is 0 Å². The SMILES string of the molecule is N#Cc1ccc(-c2cn(-c3ccc(C(=O)NCC4CCCO4)cn3)[nH]c2=O)cc1. The molecule has 0 saturated carbocycles. The fourth-order valence-electron chi connectivity index (χ4n) is 3.22. The molecule has 146 valence electrons. The van der Waals surface area contributed by atoms with Crippen molar-refractivity contribution in [3.05, 3.63) is 70.3 Å².